The van der Waals surface area contributed by atoms with E-state index in [-0.39, 0.29) is 17.3 Å². The number of benzene rings is 1. The normalized spacial score (nSPS) is 13.0. The van der Waals surface area contributed by atoms with Gasteiger partial charge in [0.1, 0.15) is 25.9 Å². The fraction of sp³-hybridized carbons (Fsp3) is 0.333. The van der Waals surface area contributed by atoms with Crippen molar-refractivity contribution in [1.29, 1.82) is 0 Å². The predicted molar refractivity (Wildman–Crippen MR) is 119 cm³/mol. The number of fused-ring (bicyclic) bond motifs is 1. The predicted octanol–water partition coefficient (Wildman–Crippen LogP) is 1.91. The molecule has 3 heterocycles. The third kappa shape index (κ3) is 6.05. The summed E-state index contributed by atoms with van der Waals surface area (Å²) in [5.41, 5.74) is 0.594. The van der Waals surface area contributed by atoms with E-state index in [1.807, 2.05) is 0 Å². The molecule has 174 valence electrons. The summed E-state index contributed by atoms with van der Waals surface area (Å²) in [5.74, 6) is 1.45. The number of unbranched alkanes of at least 4 members (excludes halogenated alkanes) is 2. The molecule has 1 aliphatic heterocycles. The number of sulfonamides is 1. The third-order valence-corrected chi connectivity index (χ3v) is 6.34. The Labute approximate surface area is 191 Å². The Morgan fingerprint density at radius 1 is 1.06 bits per heavy atom. The van der Waals surface area contributed by atoms with Crippen LogP contribution in [-0.4, -0.2) is 53.8 Å². The van der Waals surface area contributed by atoms with Gasteiger partial charge in [0.15, 0.2) is 17.3 Å². The van der Waals surface area contributed by atoms with E-state index in [0.29, 0.717) is 61.9 Å². The summed E-state index contributed by atoms with van der Waals surface area (Å²) in [6, 6.07) is 8.04. The molecule has 0 unspecified atom stereocenters. The van der Waals surface area contributed by atoms with Crippen LogP contribution in [-0.2, 0) is 14.8 Å². The number of carbonyl (C=O) groups is 1. The standard InChI is InChI=1S/C21H24N6O5S/c28-21(26-16-5-8-20(23-13-16)27-15-22-14-24-27)4-2-1-3-9-25-33(29,30)17-6-7-18-19(12-17)32-11-10-31-18/h5-8,12-15,25H,1-4,9-11H2,(H,26,28). The molecule has 1 aliphatic rings. The first-order valence-corrected chi connectivity index (χ1v) is 12.0. The summed E-state index contributed by atoms with van der Waals surface area (Å²) in [6.45, 7) is 1.12. The zero-order chi connectivity index (χ0) is 23.1. The summed E-state index contributed by atoms with van der Waals surface area (Å²) in [5, 5.41) is 6.79. The van der Waals surface area contributed by atoms with Crippen molar-refractivity contribution in [3.8, 4) is 17.3 Å². The van der Waals surface area contributed by atoms with Gasteiger partial charge in [-0.25, -0.2) is 27.8 Å². The molecule has 0 aliphatic carbocycles. The molecule has 0 atom stereocenters. The maximum Gasteiger partial charge on any atom is 0.240 e. The second-order valence-corrected chi connectivity index (χ2v) is 9.07. The van der Waals surface area contributed by atoms with Gasteiger partial charge in [0.25, 0.3) is 0 Å². The number of nitrogens with one attached hydrogen (secondary N) is 2. The average molecular weight is 473 g/mol. The number of ether oxygens (including phenoxy) is 2. The number of aromatic nitrogens is 4. The average Bonchev–Trinajstić information content (AvgIpc) is 3.36. The number of hydrogen-bond acceptors (Lipinski definition) is 8. The van der Waals surface area contributed by atoms with Gasteiger partial charge in [0, 0.05) is 19.0 Å². The number of hydrogen-bond donors (Lipinski definition) is 2. The van der Waals surface area contributed by atoms with Crippen LogP contribution in [0.3, 0.4) is 0 Å². The van der Waals surface area contributed by atoms with Crippen LogP contribution >= 0.6 is 0 Å². The molecule has 4 rings (SSSR count). The van der Waals surface area contributed by atoms with E-state index in [0.717, 1.165) is 0 Å². The van der Waals surface area contributed by atoms with Gasteiger partial charge in [-0.2, -0.15) is 5.10 Å². The summed E-state index contributed by atoms with van der Waals surface area (Å²) >= 11 is 0. The van der Waals surface area contributed by atoms with Crippen LogP contribution in [0.5, 0.6) is 11.5 Å². The summed E-state index contributed by atoms with van der Waals surface area (Å²) in [6.07, 6.45) is 6.81. The Bertz CT molecular complexity index is 1180. The minimum Gasteiger partial charge on any atom is -0.486 e. The van der Waals surface area contributed by atoms with Gasteiger partial charge in [-0.15, -0.1) is 0 Å². The highest BCUT2D eigenvalue weighted by Crippen LogP contribution is 2.32. The Hall–Kier alpha value is -3.51. The van der Waals surface area contributed by atoms with E-state index in [9.17, 15) is 13.2 Å². The van der Waals surface area contributed by atoms with Gasteiger partial charge in [-0.3, -0.25) is 4.79 Å². The Balaban J connectivity index is 1.15. The van der Waals surface area contributed by atoms with E-state index in [1.54, 1.807) is 24.4 Å². The molecular formula is C21H24N6O5S. The number of rotatable bonds is 10. The maximum absolute atomic E-state index is 12.5. The lowest BCUT2D eigenvalue weighted by atomic mass is 10.2. The van der Waals surface area contributed by atoms with Crippen LogP contribution in [0, 0.1) is 0 Å². The van der Waals surface area contributed by atoms with Crippen molar-refractivity contribution in [1.82, 2.24) is 24.5 Å². The molecule has 12 heteroatoms. The smallest absolute Gasteiger partial charge is 0.240 e. The molecule has 0 bridgehead atoms. The summed E-state index contributed by atoms with van der Waals surface area (Å²) in [4.78, 5) is 20.3. The zero-order valence-corrected chi connectivity index (χ0v) is 18.6. The highest BCUT2D eigenvalue weighted by atomic mass is 32.2. The van der Waals surface area contributed by atoms with E-state index in [1.165, 1.54) is 29.5 Å². The highest BCUT2D eigenvalue weighted by Gasteiger charge is 2.18. The molecule has 3 aromatic rings. The van der Waals surface area contributed by atoms with Crippen molar-refractivity contribution in [3.63, 3.8) is 0 Å². The quantitative estimate of drug-likeness (QED) is 0.427. The molecule has 0 saturated carbocycles. The first-order valence-electron chi connectivity index (χ1n) is 10.5. The molecule has 2 aromatic heterocycles. The zero-order valence-electron chi connectivity index (χ0n) is 17.8. The van der Waals surface area contributed by atoms with Gasteiger partial charge in [-0.05, 0) is 37.1 Å². The van der Waals surface area contributed by atoms with Crippen molar-refractivity contribution < 1.29 is 22.7 Å². The van der Waals surface area contributed by atoms with Crippen molar-refractivity contribution in [2.24, 2.45) is 0 Å². The van der Waals surface area contributed by atoms with Gasteiger partial charge >= 0.3 is 0 Å². The lowest BCUT2D eigenvalue weighted by Crippen LogP contribution is -2.25. The van der Waals surface area contributed by atoms with Crippen LogP contribution < -0.4 is 19.5 Å². The molecule has 1 amide bonds. The highest BCUT2D eigenvalue weighted by molar-refractivity contribution is 7.89. The van der Waals surface area contributed by atoms with Crippen LogP contribution in [0.25, 0.3) is 5.82 Å². The van der Waals surface area contributed by atoms with Crippen LogP contribution in [0.15, 0.2) is 54.1 Å². The summed E-state index contributed by atoms with van der Waals surface area (Å²) < 4.78 is 39.9. The van der Waals surface area contributed by atoms with Gasteiger partial charge in [-0.1, -0.05) is 6.42 Å². The summed E-state index contributed by atoms with van der Waals surface area (Å²) in [7, 11) is -3.64. The molecule has 0 radical (unpaired) electrons. The molecule has 11 nitrogen and oxygen atoms in total. The van der Waals surface area contributed by atoms with Crippen molar-refractivity contribution >= 4 is 21.6 Å². The Morgan fingerprint density at radius 3 is 2.67 bits per heavy atom. The van der Waals surface area contributed by atoms with E-state index < -0.39 is 10.0 Å². The van der Waals surface area contributed by atoms with E-state index in [2.05, 4.69) is 25.1 Å². The van der Waals surface area contributed by atoms with Gasteiger partial charge in [0.05, 0.1) is 16.8 Å². The number of carbonyl (C=O) groups excluding carboxylic acids is 1. The minimum atomic E-state index is -3.64. The Morgan fingerprint density at radius 2 is 1.91 bits per heavy atom. The molecule has 33 heavy (non-hydrogen) atoms. The first-order chi connectivity index (χ1) is 16.0. The third-order valence-electron chi connectivity index (χ3n) is 4.88. The van der Waals surface area contributed by atoms with E-state index in [4.69, 9.17) is 9.47 Å². The lowest BCUT2D eigenvalue weighted by molar-refractivity contribution is -0.116. The monoisotopic (exact) mass is 472 g/mol. The molecule has 1 aromatic carbocycles. The van der Waals surface area contributed by atoms with E-state index >= 15 is 0 Å². The molecule has 0 spiro atoms. The first kappa shape index (κ1) is 22.7. The molecule has 2 N–H and O–H groups in total. The number of amides is 1. The van der Waals surface area contributed by atoms with Gasteiger partial charge < -0.3 is 14.8 Å². The topological polar surface area (TPSA) is 137 Å². The molecular weight excluding hydrogens is 448 g/mol. The number of anilines is 1. The van der Waals surface area contributed by atoms with Crippen LogP contribution in [0.2, 0.25) is 0 Å². The maximum atomic E-state index is 12.5. The second-order valence-electron chi connectivity index (χ2n) is 7.31. The number of nitrogens with zero attached hydrogens (tertiary/aromatic N) is 4. The van der Waals surface area contributed by atoms with Crippen molar-refractivity contribution in [2.75, 3.05) is 25.1 Å². The van der Waals surface area contributed by atoms with Crippen molar-refractivity contribution in [2.45, 2.75) is 30.6 Å². The number of pyridine rings is 1. The minimum absolute atomic E-state index is 0.123. The Kier molecular flexibility index (Phi) is 7.15. The van der Waals surface area contributed by atoms with Crippen molar-refractivity contribution in [3.05, 3.63) is 49.2 Å². The molecule has 0 fully saturated rings. The fourth-order valence-corrected chi connectivity index (χ4v) is 4.30. The molecule has 0 saturated heterocycles. The van der Waals surface area contributed by atoms with Crippen LogP contribution in [0.1, 0.15) is 25.7 Å². The van der Waals surface area contributed by atoms with Crippen LogP contribution in [0.4, 0.5) is 5.69 Å². The largest absolute Gasteiger partial charge is 0.486 e. The SMILES string of the molecule is O=C(CCCCCNS(=O)(=O)c1ccc2c(c1)OCCO2)Nc1ccc(-n2cncn2)nc1. The second kappa shape index (κ2) is 10.4. The van der Waals surface area contributed by atoms with Gasteiger partial charge in [0.2, 0.25) is 15.9 Å². The fourth-order valence-electron chi connectivity index (χ4n) is 3.21. The lowest BCUT2D eigenvalue weighted by Gasteiger charge is -2.18.